The third kappa shape index (κ3) is 6.49. The first-order chi connectivity index (χ1) is 24.4. The van der Waals surface area contributed by atoms with Crippen LogP contribution in [-0.2, 0) is 9.59 Å². The summed E-state index contributed by atoms with van der Waals surface area (Å²) in [4.78, 5) is 39.5. The first-order valence-corrected chi connectivity index (χ1v) is 21.0. The van der Waals surface area contributed by atoms with Crippen molar-refractivity contribution in [3.8, 4) is 5.75 Å². The van der Waals surface area contributed by atoms with Gasteiger partial charge in [-0.15, -0.1) is 0 Å². The summed E-state index contributed by atoms with van der Waals surface area (Å²) >= 11 is 0. The zero-order valence-corrected chi connectivity index (χ0v) is 32.4. The maximum Gasteiger partial charge on any atom is 0.323 e. The second-order valence-corrected chi connectivity index (χ2v) is 20.1. The average Bonchev–Trinajstić information content (AvgIpc) is 3.07. The van der Waals surface area contributed by atoms with Crippen molar-refractivity contribution in [2.75, 3.05) is 31.6 Å². The highest BCUT2D eigenvalue weighted by Gasteiger charge is 2.50. The molecule has 0 aromatic heterocycles. The molecule has 3 aromatic rings. The molecule has 3 N–H and O–H groups in total. The second kappa shape index (κ2) is 13.5. The van der Waals surface area contributed by atoms with Crippen molar-refractivity contribution in [2.45, 2.75) is 65.6 Å². The number of carboxylic acids is 2. The summed E-state index contributed by atoms with van der Waals surface area (Å²) < 4.78 is 2.57. The van der Waals surface area contributed by atoms with Gasteiger partial charge >= 0.3 is 11.9 Å². The first kappa shape index (κ1) is 36.8. The summed E-state index contributed by atoms with van der Waals surface area (Å²) in [6.07, 6.45) is 6.11. The number of anilines is 2. The Hall–Kier alpha value is -4.96. The molecule has 10 heteroatoms. The van der Waals surface area contributed by atoms with Crippen LogP contribution >= 0.6 is 0 Å². The highest BCUT2D eigenvalue weighted by Crippen LogP contribution is 2.50. The minimum atomic E-state index is -2.28. The highest BCUT2D eigenvalue weighted by atomic mass is 28.3. The quantitative estimate of drug-likeness (QED) is 0.172. The molecule has 1 amide bonds. The molecule has 0 fully saturated rings. The molecule has 0 saturated carbocycles. The van der Waals surface area contributed by atoms with Gasteiger partial charge in [-0.2, -0.15) is 0 Å². The lowest BCUT2D eigenvalue weighted by Gasteiger charge is -2.47. The number of hydrogen-bond acceptors (Lipinski definition) is 5. The van der Waals surface area contributed by atoms with Crippen LogP contribution < -0.4 is 10.1 Å². The fourth-order valence-corrected chi connectivity index (χ4v) is 12.4. The molecule has 0 radical (unpaired) electrons. The number of allylic oxidation sites excluding steroid dienone is 4. The molecular weight excluding hydrogens is 671 g/mol. The van der Waals surface area contributed by atoms with Gasteiger partial charge in [-0.05, 0) is 104 Å². The van der Waals surface area contributed by atoms with Crippen LogP contribution in [0.15, 0.2) is 83.6 Å². The lowest BCUT2D eigenvalue weighted by Crippen LogP contribution is -2.55. The van der Waals surface area contributed by atoms with Gasteiger partial charge in [0.1, 0.15) is 33.5 Å². The van der Waals surface area contributed by atoms with E-state index in [2.05, 4.69) is 80.6 Å². The molecule has 2 aliphatic heterocycles. The minimum absolute atomic E-state index is 0.0243. The van der Waals surface area contributed by atoms with Crippen molar-refractivity contribution >= 4 is 48.2 Å². The number of aromatic hydroxyl groups is 1. The van der Waals surface area contributed by atoms with Crippen LogP contribution in [0.2, 0.25) is 13.1 Å². The van der Waals surface area contributed by atoms with E-state index in [-0.39, 0.29) is 28.7 Å². The molecule has 3 aromatic carbocycles. The summed E-state index contributed by atoms with van der Waals surface area (Å²) in [5.74, 6) is -2.50. The van der Waals surface area contributed by atoms with Crippen molar-refractivity contribution in [3.63, 3.8) is 0 Å². The summed E-state index contributed by atoms with van der Waals surface area (Å²) in [7, 11) is -0.244. The Morgan fingerprint density at radius 3 is 2.13 bits per heavy atom. The van der Waals surface area contributed by atoms with Gasteiger partial charge < -0.3 is 25.1 Å². The number of amides is 1. The molecule has 3 unspecified atom stereocenters. The number of carbonyl (C=O) groups excluding carboxylic acids is 1. The molecular formula is C42H50N3O6Si+. The number of aliphatic carboxylic acids is 2. The number of aryl methyl sites for hydroxylation is 1. The summed E-state index contributed by atoms with van der Waals surface area (Å²) in [6.45, 7) is 15.7. The molecule has 6 rings (SSSR count). The van der Waals surface area contributed by atoms with E-state index in [1.807, 2.05) is 32.2 Å². The van der Waals surface area contributed by atoms with Crippen LogP contribution in [0.4, 0.5) is 11.4 Å². The van der Waals surface area contributed by atoms with Crippen molar-refractivity contribution in [3.05, 3.63) is 106 Å². The van der Waals surface area contributed by atoms with Crippen molar-refractivity contribution in [1.82, 2.24) is 4.90 Å². The van der Waals surface area contributed by atoms with Crippen LogP contribution in [0.25, 0.3) is 0 Å². The molecule has 0 saturated heterocycles. The highest BCUT2D eigenvalue weighted by molar-refractivity contribution is 6.96. The molecule has 3 aliphatic rings. The van der Waals surface area contributed by atoms with Gasteiger partial charge in [0.05, 0.1) is 0 Å². The Bertz CT molecular complexity index is 2050. The summed E-state index contributed by atoms with van der Waals surface area (Å²) in [5.41, 5.74) is 8.25. The Morgan fingerprint density at radius 2 is 1.54 bits per heavy atom. The Balaban J connectivity index is 1.54. The molecule has 3 atom stereocenters. The third-order valence-electron chi connectivity index (χ3n) is 11.5. The number of rotatable bonds is 9. The van der Waals surface area contributed by atoms with Crippen LogP contribution in [0.3, 0.4) is 0 Å². The Labute approximate surface area is 307 Å². The van der Waals surface area contributed by atoms with Gasteiger partial charge in [0, 0.05) is 53.9 Å². The number of phenols is 1. The molecule has 272 valence electrons. The predicted octanol–water partition coefficient (Wildman–Crippen LogP) is 6.45. The predicted molar refractivity (Wildman–Crippen MR) is 207 cm³/mol. The number of carbonyl (C=O) groups is 3. The maximum atomic E-state index is 13.5. The molecule has 9 nitrogen and oxygen atoms in total. The van der Waals surface area contributed by atoms with Gasteiger partial charge in [0.15, 0.2) is 5.54 Å². The maximum absolute atomic E-state index is 13.5. The number of hydrogen-bond donors (Lipinski definition) is 3. The number of carboxylic acid groups (broad SMARTS) is 2. The smallest absolute Gasteiger partial charge is 0.323 e. The Morgan fingerprint density at radius 1 is 0.923 bits per heavy atom. The number of phenolic OH excluding ortho intramolecular Hbond substituents is 1. The van der Waals surface area contributed by atoms with Crippen molar-refractivity contribution in [2.24, 2.45) is 11.8 Å². The Kier molecular flexibility index (Phi) is 9.59. The van der Waals surface area contributed by atoms with Gasteiger partial charge in [0.25, 0.3) is 5.91 Å². The lowest BCUT2D eigenvalue weighted by molar-refractivity contribution is -0.602. The minimum Gasteiger partial charge on any atom is -0.508 e. The molecule has 0 spiro atoms. The molecule has 2 heterocycles. The zero-order chi connectivity index (χ0) is 37.9. The number of nitrogens with zero attached hydrogens (tertiary/aromatic N) is 3. The van der Waals surface area contributed by atoms with Crippen molar-refractivity contribution < 1.29 is 34.3 Å². The molecule has 52 heavy (non-hydrogen) atoms. The van der Waals surface area contributed by atoms with Gasteiger partial charge in [-0.25, -0.2) is 4.58 Å². The standard InChI is InChI=1S/C42H49N3O6Si/c1-9-45-35-21-37-34(20-33(35)26(3)22-42(45,4)5)40(31-16-10-27(18-25(31)2)41(51)44(23-38(47)48)24-39(49)50)32-17-13-29(19-36(32)52(37,7)8)43(6)28-11-14-30(46)15-12-28/h10-21,26,34,40H,9,22-24H2,1-8H3,(H2-,46,47,48,49,50)/p+1. The van der Waals surface area contributed by atoms with E-state index in [1.165, 1.54) is 27.2 Å². The van der Waals surface area contributed by atoms with Gasteiger partial charge in [-0.1, -0.05) is 43.4 Å². The van der Waals surface area contributed by atoms with E-state index in [4.69, 9.17) is 0 Å². The fraction of sp³-hybridized carbons (Fsp3) is 0.381. The summed E-state index contributed by atoms with van der Waals surface area (Å²) in [6, 6.07) is 19.5. The summed E-state index contributed by atoms with van der Waals surface area (Å²) in [5, 5.41) is 31.5. The van der Waals surface area contributed by atoms with Crippen LogP contribution in [-0.4, -0.2) is 88.6 Å². The average molecular weight is 721 g/mol. The normalized spacial score (nSPS) is 21.2. The fourth-order valence-electron chi connectivity index (χ4n) is 9.08. The van der Waals surface area contributed by atoms with E-state index in [9.17, 15) is 29.7 Å². The van der Waals surface area contributed by atoms with Crippen LogP contribution in [0, 0.1) is 18.8 Å². The van der Waals surface area contributed by atoms with E-state index in [1.54, 1.807) is 24.3 Å². The molecule has 0 bridgehead atoms. The monoisotopic (exact) mass is 720 g/mol. The SMILES string of the molecule is CC[N+]1=C2C=C3C(C=C2C(C)CC1(C)C)C(c1ccc(C(=O)N(CC(=O)O)CC(=O)O)cc1C)c1ccc(N(C)c2ccc(O)cc2)cc1[Si]3(C)C. The van der Waals surface area contributed by atoms with E-state index < -0.39 is 39.0 Å². The lowest BCUT2D eigenvalue weighted by atomic mass is 9.71. The van der Waals surface area contributed by atoms with Crippen LogP contribution in [0.5, 0.6) is 5.75 Å². The third-order valence-corrected chi connectivity index (χ3v) is 15.2. The zero-order valence-electron chi connectivity index (χ0n) is 31.4. The largest absolute Gasteiger partial charge is 0.508 e. The molecule has 1 aliphatic carbocycles. The van der Waals surface area contributed by atoms with Gasteiger partial charge in [0.2, 0.25) is 5.71 Å². The topological polar surface area (TPSA) is 121 Å². The van der Waals surface area contributed by atoms with Gasteiger partial charge in [-0.3, -0.25) is 14.4 Å². The van der Waals surface area contributed by atoms with E-state index in [0.29, 0.717) is 5.92 Å². The van der Waals surface area contributed by atoms with E-state index in [0.717, 1.165) is 40.4 Å². The first-order valence-electron chi connectivity index (χ1n) is 18.0. The van der Waals surface area contributed by atoms with E-state index >= 15 is 0 Å². The second-order valence-electron chi connectivity index (χ2n) is 15.8. The van der Waals surface area contributed by atoms with Crippen LogP contribution in [0.1, 0.15) is 67.1 Å². The number of fused-ring (bicyclic) bond motifs is 3. The number of benzene rings is 3. The van der Waals surface area contributed by atoms with Crippen molar-refractivity contribution in [1.29, 1.82) is 0 Å².